The van der Waals surface area contributed by atoms with Gasteiger partial charge >= 0.3 is 0 Å². The number of ether oxygens (including phenoxy) is 1. The monoisotopic (exact) mass is 299 g/mol. The van der Waals surface area contributed by atoms with Crippen LogP contribution in [-0.4, -0.2) is 16.7 Å². The van der Waals surface area contributed by atoms with Gasteiger partial charge in [0.05, 0.1) is 24.2 Å². The van der Waals surface area contributed by atoms with Crippen molar-refractivity contribution in [3.8, 4) is 23.2 Å². The number of nitrogens with zero attached hydrogens (tertiary/aromatic N) is 3. The van der Waals surface area contributed by atoms with Gasteiger partial charge in [-0.1, -0.05) is 0 Å². The summed E-state index contributed by atoms with van der Waals surface area (Å²) < 4.78 is 33.5. The van der Waals surface area contributed by atoms with Crippen LogP contribution >= 0.6 is 0 Å². The molecule has 0 radical (unpaired) electrons. The zero-order valence-corrected chi connectivity index (χ0v) is 11.7. The summed E-state index contributed by atoms with van der Waals surface area (Å²) >= 11 is 0. The highest BCUT2D eigenvalue weighted by atomic mass is 19.2. The molecule has 1 heterocycles. The second-order valence-electron chi connectivity index (χ2n) is 4.66. The van der Waals surface area contributed by atoms with E-state index in [0.29, 0.717) is 22.6 Å². The van der Waals surface area contributed by atoms with Gasteiger partial charge in [0.25, 0.3) is 0 Å². The Morgan fingerprint density at radius 2 is 1.86 bits per heavy atom. The average molecular weight is 299 g/mol. The number of hydrogen-bond acceptors (Lipinski definition) is 3. The molecular formula is C16H11F2N3O. The molecule has 110 valence electrons. The molecule has 4 nitrogen and oxygen atoms in total. The molecule has 0 amide bonds. The van der Waals surface area contributed by atoms with E-state index in [9.17, 15) is 8.78 Å². The zero-order chi connectivity index (χ0) is 15.7. The summed E-state index contributed by atoms with van der Waals surface area (Å²) in [5.41, 5.74) is 1.42. The minimum absolute atomic E-state index is 0.0110. The van der Waals surface area contributed by atoms with Crippen LogP contribution < -0.4 is 4.74 Å². The molecule has 22 heavy (non-hydrogen) atoms. The van der Waals surface area contributed by atoms with Gasteiger partial charge in [0.2, 0.25) is 0 Å². The largest absolute Gasteiger partial charge is 0.497 e. The summed E-state index contributed by atoms with van der Waals surface area (Å²) in [4.78, 5) is 4.32. The second-order valence-corrected chi connectivity index (χ2v) is 4.66. The summed E-state index contributed by atoms with van der Waals surface area (Å²) in [7, 11) is 1.56. The number of benzene rings is 2. The van der Waals surface area contributed by atoms with Crippen LogP contribution in [0.3, 0.4) is 0 Å². The predicted octanol–water partition coefficient (Wildman–Crippen LogP) is 3.51. The lowest BCUT2D eigenvalue weighted by molar-refractivity contribution is 0.415. The Labute approximate surface area is 125 Å². The van der Waals surface area contributed by atoms with Crippen molar-refractivity contribution in [1.82, 2.24) is 9.55 Å². The van der Waals surface area contributed by atoms with Crippen LogP contribution in [0.5, 0.6) is 5.75 Å². The van der Waals surface area contributed by atoms with Crippen LogP contribution in [0.15, 0.2) is 36.4 Å². The summed E-state index contributed by atoms with van der Waals surface area (Å²) in [6.07, 6.45) is 0. The van der Waals surface area contributed by atoms with Gasteiger partial charge < -0.3 is 9.30 Å². The quantitative estimate of drug-likeness (QED) is 0.743. The van der Waals surface area contributed by atoms with E-state index >= 15 is 0 Å². The standard InChI is InChI=1S/C16H11F2N3O/c1-22-11-4-2-10(3-5-11)16-20-14-8-12(17)13(18)9-15(14)21(16)7-6-19/h2-5,8-9H,7H2,1H3. The third kappa shape index (κ3) is 2.27. The van der Waals surface area contributed by atoms with Gasteiger partial charge in [-0.25, -0.2) is 13.8 Å². The average Bonchev–Trinajstić information content (AvgIpc) is 2.86. The van der Waals surface area contributed by atoms with Crippen LogP contribution in [-0.2, 0) is 6.54 Å². The highest BCUT2D eigenvalue weighted by molar-refractivity contribution is 5.81. The van der Waals surface area contributed by atoms with Gasteiger partial charge in [0.1, 0.15) is 18.1 Å². The number of hydrogen-bond donors (Lipinski definition) is 0. The summed E-state index contributed by atoms with van der Waals surface area (Å²) in [6, 6.07) is 11.2. The molecule has 2 aromatic carbocycles. The summed E-state index contributed by atoms with van der Waals surface area (Å²) in [6.45, 7) is -0.0110. The molecule has 0 spiro atoms. The number of aromatic nitrogens is 2. The molecule has 0 N–H and O–H groups in total. The number of methoxy groups -OCH3 is 1. The Balaban J connectivity index is 2.23. The maximum Gasteiger partial charge on any atom is 0.161 e. The molecule has 3 aromatic rings. The van der Waals surface area contributed by atoms with E-state index in [1.165, 1.54) is 0 Å². The summed E-state index contributed by atoms with van der Waals surface area (Å²) in [5.74, 6) is -0.767. The topological polar surface area (TPSA) is 50.8 Å². The van der Waals surface area contributed by atoms with Crippen molar-refractivity contribution in [2.45, 2.75) is 6.54 Å². The van der Waals surface area contributed by atoms with Gasteiger partial charge in [0.15, 0.2) is 11.6 Å². The first-order valence-electron chi connectivity index (χ1n) is 6.50. The van der Waals surface area contributed by atoms with E-state index in [2.05, 4.69) is 4.98 Å². The Kier molecular flexibility index (Phi) is 3.47. The highest BCUT2D eigenvalue weighted by Gasteiger charge is 2.15. The fraction of sp³-hybridized carbons (Fsp3) is 0.125. The fourth-order valence-corrected chi connectivity index (χ4v) is 2.31. The number of fused-ring (bicyclic) bond motifs is 1. The normalized spacial score (nSPS) is 10.6. The van der Waals surface area contributed by atoms with Crippen LogP contribution in [0.25, 0.3) is 22.4 Å². The first-order chi connectivity index (χ1) is 10.6. The van der Waals surface area contributed by atoms with Gasteiger partial charge in [0, 0.05) is 17.7 Å². The molecule has 1 aromatic heterocycles. The number of nitriles is 1. The minimum atomic E-state index is -0.965. The minimum Gasteiger partial charge on any atom is -0.497 e. The lowest BCUT2D eigenvalue weighted by Gasteiger charge is -2.06. The fourth-order valence-electron chi connectivity index (χ4n) is 2.31. The Morgan fingerprint density at radius 1 is 1.18 bits per heavy atom. The first kappa shape index (κ1) is 14.0. The zero-order valence-electron chi connectivity index (χ0n) is 11.7. The molecule has 0 bridgehead atoms. The van der Waals surface area contributed by atoms with Gasteiger partial charge in [-0.3, -0.25) is 0 Å². The molecule has 0 saturated heterocycles. The Morgan fingerprint density at radius 3 is 2.50 bits per heavy atom. The number of halogens is 2. The molecule has 0 atom stereocenters. The molecule has 0 aliphatic heterocycles. The lowest BCUT2D eigenvalue weighted by Crippen LogP contribution is -1.99. The first-order valence-corrected chi connectivity index (χ1v) is 6.50. The molecule has 0 aliphatic carbocycles. The molecule has 0 unspecified atom stereocenters. The molecular weight excluding hydrogens is 288 g/mol. The van der Waals surface area contributed by atoms with Crippen molar-refractivity contribution >= 4 is 11.0 Å². The number of imidazole rings is 1. The Bertz CT molecular complexity index is 879. The van der Waals surface area contributed by atoms with E-state index in [1.54, 1.807) is 35.9 Å². The third-order valence-corrected chi connectivity index (χ3v) is 3.37. The van der Waals surface area contributed by atoms with Gasteiger partial charge in [-0.2, -0.15) is 5.26 Å². The van der Waals surface area contributed by atoms with Crippen molar-refractivity contribution in [2.75, 3.05) is 7.11 Å². The van der Waals surface area contributed by atoms with Crippen LogP contribution in [0, 0.1) is 23.0 Å². The molecule has 6 heteroatoms. The van der Waals surface area contributed by atoms with E-state index in [4.69, 9.17) is 10.00 Å². The van der Waals surface area contributed by atoms with Crippen molar-refractivity contribution < 1.29 is 13.5 Å². The Hall–Kier alpha value is -2.94. The van der Waals surface area contributed by atoms with Crippen molar-refractivity contribution in [3.63, 3.8) is 0 Å². The smallest absolute Gasteiger partial charge is 0.161 e. The van der Waals surface area contributed by atoms with Crippen LogP contribution in [0.1, 0.15) is 0 Å². The van der Waals surface area contributed by atoms with Crippen molar-refractivity contribution in [1.29, 1.82) is 5.26 Å². The SMILES string of the molecule is COc1ccc(-c2nc3cc(F)c(F)cc3n2CC#N)cc1. The van der Waals surface area contributed by atoms with Crippen molar-refractivity contribution in [3.05, 3.63) is 48.0 Å². The van der Waals surface area contributed by atoms with E-state index in [-0.39, 0.29) is 6.54 Å². The lowest BCUT2D eigenvalue weighted by atomic mass is 10.2. The predicted molar refractivity (Wildman–Crippen MR) is 77.3 cm³/mol. The summed E-state index contributed by atoms with van der Waals surface area (Å²) in [5, 5.41) is 8.99. The van der Waals surface area contributed by atoms with Gasteiger partial charge in [-0.05, 0) is 24.3 Å². The maximum atomic E-state index is 13.5. The highest BCUT2D eigenvalue weighted by Crippen LogP contribution is 2.27. The van der Waals surface area contributed by atoms with Crippen molar-refractivity contribution in [2.24, 2.45) is 0 Å². The number of rotatable bonds is 3. The molecule has 0 aliphatic rings. The molecule has 0 fully saturated rings. The second kappa shape index (κ2) is 5.45. The van der Waals surface area contributed by atoms with E-state index < -0.39 is 11.6 Å². The van der Waals surface area contributed by atoms with Gasteiger partial charge in [-0.15, -0.1) is 0 Å². The van der Waals surface area contributed by atoms with E-state index in [0.717, 1.165) is 17.7 Å². The molecule has 3 rings (SSSR count). The van der Waals surface area contributed by atoms with E-state index in [1.807, 2.05) is 6.07 Å². The molecule has 0 saturated carbocycles. The third-order valence-electron chi connectivity index (χ3n) is 3.37. The van der Waals surface area contributed by atoms with Crippen LogP contribution in [0.4, 0.5) is 8.78 Å². The van der Waals surface area contributed by atoms with Crippen LogP contribution in [0.2, 0.25) is 0 Å². The maximum absolute atomic E-state index is 13.5.